The van der Waals surface area contributed by atoms with Gasteiger partial charge in [-0.15, -0.1) is 0 Å². The van der Waals surface area contributed by atoms with Gasteiger partial charge in [-0.25, -0.2) is 0 Å². The topological polar surface area (TPSA) is 145 Å². The van der Waals surface area contributed by atoms with E-state index in [9.17, 15) is 9.59 Å². The maximum absolute atomic E-state index is 10.2. The molecule has 0 radical (unpaired) electrons. The van der Waals surface area contributed by atoms with E-state index in [1.165, 1.54) is 13.8 Å². The number of carboxylic acids is 1. The monoisotopic (exact) mass is 232 g/mol. The Morgan fingerprint density at radius 1 is 1.31 bits per heavy atom. The number of carbonyl (C=O) groups is 2. The molecule has 0 aromatic rings. The number of carbonyl (C=O) groups excluding carboxylic acids is 1. The third kappa shape index (κ3) is 18.2. The summed E-state index contributed by atoms with van der Waals surface area (Å²) in [4.78, 5) is 23.3. The van der Waals surface area contributed by atoms with Gasteiger partial charge in [0.25, 0.3) is 0 Å². The van der Waals surface area contributed by atoms with Crippen LogP contribution in [-0.2, 0) is 9.59 Å². The van der Waals surface area contributed by atoms with Crippen molar-refractivity contribution in [1.29, 1.82) is 0 Å². The minimum Gasteiger partial charge on any atom is -0.480 e. The van der Waals surface area contributed by atoms with E-state index < -0.39 is 12.0 Å². The van der Waals surface area contributed by atoms with Crippen molar-refractivity contribution in [2.75, 3.05) is 6.54 Å². The number of nitrogens with zero attached hydrogens (tertiary/aromatic N) is 1. The third-order valence-corrected chi connectivity index (χ3v) is 1.28. The lowest BCUT2D eigenvalue weighted by atomic mass is 10.2. The van der Waals surface area contributed by atoms with Gasteiger partial charge in [-0.1, -0.05) is 0 Å². The Labute approximate surface area is 94.7 Å². The molecule has 0 rings (SSSR count). The van der Waals surface area contributed by atoms with Crippen LogP contribution in [0.2, 0.25) is 0 Å². The van der Waals surface area contributed by atoms with Crippen LogP contribution in [0.25, 0.3) is 0 Å². The molecular weight excluding hydrogens is 212 g/mol. The van der Waals surface area contributed by atoms with Gasteiger partial charge in [-0.3, -0.25) is 9.79 Å². The van der Waals surface area contributed by atoms with Crippen molar-refractivity contribution < 1.29 is 14.7 Å². The lowest BCUT2D eigenvalue weighted by molar-refractivity contribution is -0.138. The maximum atomic E-state index is 10.2. The molecule has 0 aliphatic heterocycles. The third-order valence-electron chi connectivity index (χ3n) is 1.28. The summed E-state index contributed by atoms with van der Waals surface area (Å²) in [5.41, 5.74) is 15.3. The Kier molecular flexibility index (Phi) is 10.4. The molecule has 16 heavy (non-hydrogen) atoms. The van der Waals surface area contributed by atoms with Crippen LogP contribution in [0.3, 0.4) is 0 Å². The van der Waals surface area contributed by atoms with Crippen LogP contribution < -0.4 is 17.2 Å². The molecule has 0 saturated heterocycles. The van der Waals surface area contributed by atoms with Gasteiger partial charge in [-0.05, 0) is 26.7 Å². The van der Waals surface area contributed by atoms with Crippen molar-refractivity contribution in [2.45, 2.75) is 32.7 Å². The highest BCUT2D eigenvalue weighted by Crippen LogP contribution is 1.94. The number of ketones is 1. The van der Waals surface area contributed by atoms with Gasteiger partial charge in [-0.2, -0.15) is 0 Å². The lowest BCUT2D eigenvalue weighted by Gasteiger charge is -2.03. The molecule has 0 bridgehead atoms. The number of hydrogen-bond acceptors (Lipinski definition) is 4. The quantitative estimate of drug-likeness (QED) is 0.273. The van der Waals surface area contributed by atoms with Crippen LogP contribution in [-0.4, -0.2) is 35.4 Å². The van der Waals surface area contributed by atoms with Crippen LogP contribution in [0, 0.1) is 0 Å². The van der Waals surface area contributed by atoms with Crippen molar-refractivity contribution in [3.05, 3.63) is 0 Å². The van der Waals surface area contributed by atoms with Gasteiger partial charge < -0.3 is 27.1 Å². The molecule has 0 amide bonds. The Bertz CT molecular complexity index is 245. The predicted molar refractivity (Wildman–Crippen MR) is 61.9 cm³/mol. The van der Waals surface area contributed by atoms with E-state index in [1.807, 2.05) is 0 Å². The molecular formula is C9H20N4O3. The minimum atomic E-state index is -1.00. The van der Waals surface area contributed by atoms with Crippen LogP contribution in [0.1, 0.15) is 26.7 Å². The SMILES string of the molecule is CC(C)=O.NC(N)=NCCC[C@H](N)C(=O)O. The standard InChI is InChI=1S/C6H14N4O2.C3H6O/c7-4(5(11)12)2-1-3-10-6(8)9;1-3(2)4/h4H,1-3,7H2,(H,11,12)(H4,8,9,10);1-2H3/t4-;/m0./s1. The Morgan fingerprint density at radius 3 is 2.06 bits per heavy atom. The normalized spacial score (nSPS) is 10.7. The van der Waals surface area contributed by atoms with Gasteiger partial charge >= 0.3 is 5.97 Å². The summed E-state index contributed by atoms with van der Waals surface area (Å²) in [7, 11) is 0. The molecule has 0 aromatic heterocycles. The molecule has 0 fully saturated rings. The number of rotatable bonds is 5. The molecule has 0 unspecified atom stereocenters. The van der Waals surface area contributed by atoms with E-state index in [2.05, 4.69) is 4.99 Å². The van der Waals surface area contributed by atoms with Crippen LogP contribution in [0.4, 0.5) is 0 Å². The molecule has 0 spiro atoms. The summed E-state index contributed by atoms with van der Waals surface area (Å²) in [5, 5.41) is 8.38. The fourth-order valence-electron chi connectivity index (χ4n) is 0.643. The highest BCUT2D eigenvalue weighted by atomic mass is 16.4. The zero-order chi connectivity index (χ0) is 13.1. The highest BCUT2D eigenvalue weighted by molar-refractivity contribution is 5.75. The largest absolute Gasteiger partial charge is 0.480 e. The van der Waals surface area contributed by atoms with Crippen LogP contribution in [0.5, 0.6) is 0 Å². The molecule has 0 aromatic carbocycles. The van der Waals surface area contributed by atoms with E-state index >= 15 is 0 Å². The number of nitrogens with two attached hydrogens (primary N) is 3. The number of hydrogen-bond donors (Lipinski definition) is 4. The fourth-order valence-corrected chi connectivity index (χ4v) is 0.643. The molecule has 7 heteroatoms. The number of Topliss-reactive ketones (excluding diaryl/α,β-unsaturated/α-hetero) is 1. The van der Waals surface area contributed by atoms with Crippen molar-refractivity contribution >= 4 is 17.7 Å². The number of carboxylic acid groups (broad SMARTS) is 1. The predicted octanol–water partition coefficient (Wildman–Crippen LogP) is -0.953. The van der Waals surface area contributed by atoms with Crippen LogP contribution in [0.15, 0.2) is 4.99 Å². The summed E-state index contributed by atoms with van der Waals surface area (Å²) >= 11 is 0. The number of aliphatic carboxylic acids is 1. The summed E-state index contributed by atoms with van der Waals surface area (Å²) in [5.74, 6) is -0.821. The van der Waals surface area contributed by atoms with Gasteiger partial charge in [0.2, 0.25) is 0 Å². The first-order chi connectivity index (χ1) is 7.27. The molecule has 1 atom stereocenters. The summed E-state index contributed by atoms with van der Waals surface area (Å²) in [6.07, 6.45) is 0.956. The molecule has 7 nitrogen and oxygen atoms in total. The van der Waals surface area contributed by atoms with Gasteiger partial charge in [0, 0.05) is 6.54 Å². The van der Waals surface area contributed by atoms with E-state index in [1.54, 1.807) is 0 Å². The van der Waals surface area contributed by atoms with E-state index in [0.29, 0.717) is 19.4 Å². The van der Waals surface area contributed by atoms with Crippen molar-refractivity contribution in [1.82, 2.24) is 0 Å². The van der Waals surface area contributed by atoms with Gasteiger partial charge in [0.1, 0.15) is 11.8 Å². The second-order valence-corrected chi connectivity index (χ2v) is 3.30. The van der Waals surface area contributed by atoms with Crippen molar-refractivity contribution in [3.8, 4) is 0 Å². The van der Waals surface area contributed by atoms with Gasteiger partial charge in [0.05, 0.1) is 0 Å². The van der Waals surface area contributed by atoms with Crippen molar-refractivity contribution in [3.63, 3.8) is 0 Å². The molecule has 7 N–H and O–H groups in total. The first-order valence-corrected chi connectivity index (χ1v) is 4.78. The maximum Gasteiger partial charge on any atom is 0.320 e. The molecule has 0 saturated carbocycles. The zero-order valence-corrected chi connectivity index (χ0v) is 9.64. The fraction of sp³-hybridized carbons (Fsp3) is 0.667. The summed E-state index contributed by atoms with van der Waals surface area (Å²) in [6.45, 7) is 3.48. The summed E-state index contributed by atoms with van der Waals surface area (Å²) in [6, 6.07) is -0.820. The lowest BCUT2D eigenvalue weighted by Crippen LogP contribution is -2.30. The first-order valence-electron chi connectivity index (χ1n) is 4.78. The Balaban J connectivity index is 0. The summed E-state index contributed by atoms with van der Waals surface area (Å²) < 4.78 is 0. The second kappa shape index (κ2) is 9.91. The highest BCUT2D eigenvalue weighted by Gasteiger charge is 2.09. The van der Waals surface area contributed by atoms with E-state index in [-0.39, 0.29) is 11.7 Å². The second-order valence-electron chi connectivity index (χ2n) is 3.30. The molecule has 0 heterocycles. The average molecular weight is 232 g/mol. The Hall–Kier alpha value is -1.63. The van der Waals surface area contributed by atoms with Crippen molar-refractivity contribution in [2.24, 2.45) is 22.2 Å². The van der Waals surface area contributed by atoms with E-state index in [4.69, 9.17) is 22.3 Å². The zero-order valence-electron chi connectivity index (χ0n) is 9.64. The Morgan fingerprint density at radius 2 is 1.75 bits per heavy atom. The van der Waals surface area contributed by atoms with E-state index in [0.717, 1.165) is 0 Å². The smallest absolute Gasteiger partial charge is 0.320 e. The van der Waals surface area contributed by atoms with Gasteiger partial charge in [0.15, 0.2) is 5.96 Å². The minimum absolute atomic E-state index is 0.0129. The number of guanidine groups is 1. The average Bonchev–Trinajstić information content (AvgIpc) is 2.10. The number of aliphatic imine (C=N–C) groups is 1. The molecule has 0 aliphatic rings. The van der Waals surface area contributed by atoms with Crippen LogP contribution >= 0.6 is 0 Å². The first kappa shape index (κ1) is 16.8. The molecule has 0 aliphatic carbocycles. The molecule has 94 valence electrons.